The van der Waals surface area contributed by atoms with E-state index in [1.807, 2.05) is 12.4 Å². The summed E-state index contributed by atoms with van der Waals surface area (Å²) in [5, 5.41) is 3.60. The second-order valence-electron chi connectivity index (χ2n) is 4.90. The van der Waals surface area contributed by atoms with E-state index in [9.17, 15) is 0 Å². The fourth-order valence-corrected chi connectivity index (χ4v) is 2.57. The molecule has 0 saturated heterocycles. The van der Waals surface area contributed by atoms with Gasteiger partial charge >= 0.3 is 0 Å². The van der Waals surface area contributed by atoms with Gasteiger partial charge in [-0.05, 0) is 43.5 Å². The summed E-state index contributed by atoms with van der Waals surface area (Å²) in [7, 11) is 0. The highest BCUT2D eigenvalue weighted by Gasteiger charge is 2.14. The fraction of sp³-hybridized carbons (Fsp3) is 0.643. The van der Waals surface area contributed by atoms with Gasteiger partial charge in [-0.2, -0.15) is 0 Å². The van der Waals surface area contributed by atoms with Crippen LogP contribution in [0.5, 0.6) is 0 Å². The lowest BCUT2D eigenvalue weighted by atomic mass is 10.0. The SMILES string of the molecule is CC(NCCC1CCCC1)c1ccncc1. The number of rotatable bonds is 5. The first-order chi connectivity index (χ1) is 7.86. The van der Waals surface area contributed by atoms with Gasteiger partial charge in [-0.15, -0.1) is 0 Å². The zero-order valence-electron chi connectivity index (χ0n) is 10.2. The van der Waals surface area contributed by atoms with Crippen LogP contribution in [0.4, 0.5) is 0 Å². The smallest absolute Gasteiger partial charge is 0.0292 e. The first kappa shape index (κ1) is 11.6. The molecule has 1 N–H and O–H groups in total. The average molecular weight is 218 g/mol. The number of pyridine rings is 1. The lowest BCUT2D eigenvalue weighted by Crippen LogP contribution is -2.21. The number of hydrogen-bond donors (Lipinski definition) is 1. The van der Waals surface area contributed by atoms with Crippen LogP contribution in [0.2, 0.25) is 0 Å². The number of hydrogen-bond acceptors (Lipinski definition) is 2. The standard InChI is InChI=1S/C14H22N2/c1-12(14-7-9-15-10-8-14)16-11-6-13-4-2-3-5-13/h7-10,12-13,16H,2-6,11H2,1H3. The maximum Gasteiger partial charge on any atom is 0.0292 e. The van der Waals surface area contributed by atoms with Crippen molar-refractivity contribution < 1.29 is 0 Å². The summed E-state index contributed by atoms with van der Waals surface area (Å²) in [6.45, 7) is 3.37. The maximum atomic E-state index is 4.04. The van der Waals surface area contributed by atoms with Crippen molar-refractivity contribution in [1.29, 1.82) is 0 Å². The number of aromatic nitrogens is 1. The van der Waals surface area contributed by atoms with Crippen LogP contribution in [0, 0.1) is 5.92 Å². The maximum absolute atomic E-state index is 4.04. The van der Waals surface area contributed by atoms with E-state index in [1.165, 1.54) is 37.7 Å². The predicted octanol–water partition coefficient (Wildman–Crippen LogP) is 3.31. The minimum absolute atomic E-state index is 0.449. The second kappa shape index (κ2) is 6.00. The van der Waals surface area contributed by atoms with Crippen LogP contribution < -0.4 is 5.32 Å². The third-order valence-corrected chi connectivity index (χ3v) is 3.68. The molecule has 0 aliphatic heterocycles. The molecule has 1 fully saturated rings. The molecule has 1 aromatic rings. The molecular weight excluding hydrogens is 196 g/mol. The van der Waals surface area contributed by atoms with Crippen LogP contribution in [0.1, 0.15) is 50.6 Å². The molecular formula is C14H22N2. The lowest BCUT2D eigenvalue weighted by molar-refractivity contribution is 0.455. The minimum atomic E-state index is 0.449. The summed E-state index contributed by atoms with van der Waals surface area (Å²) >= 11 is 0. The second-order valence-corrected chi connectivity index (χ2v) is 4.90. The highest BCUT2D eigenvalue weighted by Crippen LogP contribution is 2.27. The molecule has 2 heteroatoms. The summed E-state index contributed by atoms with van der Waals surface area (Å²) < 4.78 is 0. The molecule has 1 saturated carbocycles. The fourth-order valence-electron chi connectivity index (χ4n) is 2.57. The van der Waals surface area contributed by atoms with E-state index in [-0.39, 0.29) is 0 Å². The van der Waals surface area contributed by atoms with Crippen LogP contribution in [0.3, 0.4) is 0 Å². The van der Waals surface area contributed by atoms with E-state index in [2.05, 4.69) is 29.4 Å². The van der Waals surface area contributed by atoms with Crippen molar-refractivity contribution in [2.75, 3.05) is 6.54 Å². The molecule has 1 aliphatic carbocycles. The first-order valence-corrected chi connectivity index (χ1v) is 6.49. The van der Waals surface area contributed by atoms with Crippen molar-refractivity contribution in [2.45, 2.75) is 45.1 Å². The zero-order valence-corrected chi connectivity index (χ0v) is 10.2. The zero-order chi connectivity index (χ0) is 11.2. The highest BCUT2D eigenvalue weighted by molar-refractivity contribution is 5.13. The highest BCUT2D eigenvalue weighted by atomic mass is 14.9. The summed E-state index contributed by atoms with van der Waals surface area (Å²) in [4.78, 5) is 4.04. The normalized spacial score (nSPS) is 18.8. The van der Waals surface area contributed by atoms with Crippen LogP contribution >= 0.6 is 0 Å². The number of nitrogens with one attached hydrogen (secondary N) is 1. The van der Waals surface area contributed by atoms with E-state index in [0.717, 1.165) is 12.5 Å². The summed E-state index contributed by atoms with van der Waals surface area (Å²) in [5.41, 5.74) is 1.33. The van der Waals surface area contributed by atoms with Crippen molar-refractivity contribution in [1.82, 2.24) is 10.3 Å². The number of nitrogens with zero attached hydrogens (tertiary/aromatic N) is 1. The van der Waals surface area contributed by atoms with Gasteiger partial charge < -0.3 is 5.32 Å². The summed E-state index contributed by atoms with van der Waals surface area (Å²) in [6, 6.07) is 4.63. The van der Waals surface area contributed by atoms with Gasteiger partial charge in [-0.3, -0.25) is 4.98 Å². The molecule has 0 spiro atoms. The minimum Gasteiger partial charge on any atom is -0.310 e. The first-order valence-electron chi connectivity index (χ1n) is 6.49. The molecule has 1 unspecified atom stereocenters. The van der Waals surface area contributed by atoms with Gasteiger partial charge in [0.2, 0.25) is 0 Å². The Hall–Kier alpha value is -0.890. The molecule has 0 radical (unpaired) electrons. The van der Waals surface area contributed by atoms with Crippen molar-refractivity contribution in [3.8, 4) is 0 Å². The molecule has 0 bridgehead atoms. The summed E-state index contributed by atoms with van der Waals surface area (Å²) in [5.74, 6) is 0.983. The Kier molecular flexibility index (Phi) is 4.34. The Balaban J connectivity index is 1.69. The van der Waals surface area contributed by atoms with Crippen LogP contribution in [0.15, 0.2) is 24.5 Å². The van der Waals surface area contributed by atoms with E-state index in [1.54, 1.807) is 0 Å². The van der Waals surface area contributed by atoms with Gasteiger partial charge in [0.25, 0.3) is 0 Å². The van der Waals surface area contributed by atoms with E-state index < -0.39 is 0 Å². The molecule has 1 atom stereocenters. The van der Waals surface area contributed by atoms with Crippen molar-refractivity contribution in [3.63, 3.8) is 0 Å². The molecule has 1 heterocycles. The molecule has 2 rings (SSSR count). The van der Waals surface area contributed by atoms with Crippen molar-refractivity contribution in [3.05, 3.63) is 30.1 Å². The molecule has 1 aliphatic rings. The third-order valence-electron chi connectivity index (χ3n) is 3.68. The van der Waals surface area contributed by atoms with Gasteiger partial charge in [0, 0.05) is 18.4 Å². The van der Waals surface area contributed by atoms with Crippen LogP contribution in [-0.2, 0) is 0 Å². The van der Waals surface area contributed by atoms with E-state index in [0.29, 0.717) is 6.04 Å². The van der Waals surface area contributed by atoms with Gasteiger partial charge in [0.1, 0.15) is 0 Å². The van der Waals surface area contributed by atoms with Gasteiger partial charge in [0.05, 0.1) is 0 Å². The van der Waals surface area contributed by atoms with Gasteiger partial charge in [-0.1, -0.05) is 25.7 Å². The molecule has 0 amide bonds. The Morgan fingerprint density at radius 3 is 2.69 bits per heavy atom. The van der Waals surface area contributed by atoms with Crippen molar-refractivity contribution in [2.24, 2.45) is 5.92 Å². The molecule has 0 aromatic carbocycles. The largest absolute Gasteiger partial charge is 0.310 e. The van der Waals surface area contributed by atoms with E-state index >= 15 is 0 Å². The topological polar surface area (TPSA) is 24.9 Å². The summed E-state index contributed by atoms with van der Waals surface area (Å²) in [6.07, 6.45) is 10.9. The Bertz CT molecular complexity index is 291. The molecule has 1 aromatic heterocycles. The quantitative estimate of drug-likeness (QED) is 0.820. The Labute approximate surface area is 98.5 Å². The van der Waals surface area contributed by atoms with Gasteiger partial charge in [0.15, 0.2) is 0 Å². The lowest BCUT2D eigenvalue weighted by Gasteiger charge is -2.15. The third kappa shape index (κ3) is 3.31. The van der Waals surface area contributed by atoms with Crippen LogP contribution in [-0.4, -0.2) is 11.5 Å². The molecule has 2 nitrogen and oxygen atoms in total. The van der Waals surface area contributed by atoms with Gasteiger partial charge in [-0.25, -0.2) is 0 Å². The molecule has 16 heavy (non-hydrogen) atoms. The Morgan fingerprint density at radius 2 is 2.00 bits per heavy atom. The predicted molar refractivity (Wildman–Crippen MR) is 67.2 cm³/mol. The average Bonchev–Trinajstić information content (AvgIpc) is 2.83. The Morgan fingerprint density at radius 1 is 1.31 bits per heavy atom. The monoisotopic (exact) mass is 218 g/mol. The molecule has 88 valence electrons. The van der Waals surface area contributed by atoms with E-state index in [4.69, 9.17) is 0 Å². The van der Waals surface area contributed by atoms with Crippen molar-refractivity contribution >= 4 is 0 Å². The van der Waals surface area contributed by atoms with Crippen LogP contribution in [0.25, 0.3) is 0 Å².